The minimum atomic E-state index is -1.51. The topological polar surface area (TPSA) is 0 Å². The van der Waals surface area contributed by atoms with Gasteiger partial charge in [0.05, 0.1) is 0 Å². The van der Waals surface area contributed by atoms with Gasteiger partial charge in [0.15, 0.2) is 0 Å². The first-order valence-electron chi connectivity index (χ1n) is 10.8. The van der Waals surface area contributed by atoms with Crippen molar-refractivity contribution in [3.63, 3.8) is 0 Å². The van der Waals surface area contributed by atoms with E-state index in [2.05, 4.69) is 104 Å². The first-order valence-corrected chi connectivity index (χ1v) is 16.2. The zero-order chi connectivity index (χ0) is 20.6. The Labute approximate surface area is 195 Å². The zero-order valence-corrected chi connectivity index (χ0v) is 22.7. The molecule has 0 fully saturated rings. The van der Waals surface area contributed by atoms with Crippen molar-refractivity contribution < 1.29 is 24.6 Å². The second kappa shape index (κ2) is 7.88. The van der Waals surface area contributed by atoms with Crippen LogP contribution in [0.2, 0.25) is 0 Å². The van der Waals surface area contributed by atoms with Crippen molar-refractivity contribution in [2.75, 3.05) is 0 Å². The molecule has 0 saturated heterocycles. The molecule has 0 spiro atoms. The van der Waals surface area contributed by atoms with Crippen molar-refractivity contribution in [3.05, 3.63) is 118 Å². The van der Waals surface area contributed by atoms with Crippen LogP contribution in [-0.2, 0) is 37.4 Å². The molecule has 0 amide bonds. The van der Waals surface area contributed by atoms with Gasteiger partial charge in [-0.15, -0.1) is 0 Å². The fourth-order valence-corrected chi connectivity index (χ4v) is 7.40. The SMILES string of the molecule is [C](#Cc1ccc2c(c1)Cc1ccccc1-2)[Hg][C]#Cc1ccc2c(c1)Cc1ccccc1-2. The number of hydrogen-bond donors (Lipinski definition) is 0. The van der Waals surface area contributed by atoms with Gasteiger partial charge >= 0.3 is 197 Å². The molecule has 1 heteroatoms. The first-order chi connectivity index (χ1) is 15.3. The summed E-state index contributed by atoms with van der Waals surface area (Å²) in [5, 5.41) is 0. The Hall–Kier alpha value is -3.06. The van der Waals surface area contributed by atoms with Gasteiger partial charge in [-0.05, 0) is 0 Å². The van der Waals surface area contributed by atoms with Crippen molar-refractivity contribution in [2.24, 2.45) is 0 Å². The van der Waals surface area contributed by atoms with Gasteiger partial charge in [0.25, 0.3) is 0 Å². The molecule has 0 saturated carbocycles. The van der Waals surface area contributed by atoms with Crippen molar-refractivity contribution in [2.45, 2.75) is 12.8 Å². The third-order valence-corrected chi connectivity index (χ3v) is 8.98. The van der Waals surface area contributed by atoms with E-state index in [-0.39, 0.29) is 0 Å². The summed E-state index contributed by atoms with van der Waals surface area (Å²) in [5.41, 5.74) is 13.4. The number of rotatable bonds is 0. The number of benzene rings is 4. The average molecular weight is 579 g/mol. The van der Waals surface area contributed by atoms with Crippen molar-refractivity contribution in [1.29, 1.82) is 0 Å². The molecule has 2 aliphatic carbocycles. The molecule has 0 nitrogen and oxygen atoms in total. The Morgan fingerprint density at radius 3 is 1.45 bits per heavy atom. The van der Waals surface area contributed by atoms with Crippen LogP contribution in [0, 0.1) is 18.7 Å². The second-order valence-corrected chi connectivity index (χ2v) is 12.3. The van der Waals surface area contributed by atoms with Gasteiger partial charge in [0.1, 0.15) is 0 Å². The fraction of sp³-hybridized carbons (Fsp3) is 0.0667. The van der Waals surface area contributed by atoms with Crippen LogP contribution in [0.25, 0.3) is 22.3 Å². The Morgan fingerprint density at radius 1 is 0.484 bits per heavy atom. The van der Waals surface area contributed by atoms with Gasteiger partial charge in [-0.3, -0.25) is 0 Å². The molecule has 4 aromatic rings. The number of hydrogen-bond acceptors (Lipinski definition) is 0. The van der Waals surface area contributed by atoms with Crippen LogP contribution in [0.3, 0.4) is 0 Å². The number of fused-ring (bicyclic) bond motifs is 6. The molecule has 0 aromatic heterocycles. The third-order valence-electron chi connectivity index (χ3n) is 6.23. The summed E-state index contributed by atoms with van der Waals surface area (Å²) in [7, 11) is 0. The Balaban J connectivity index is 1.15. The van der Waals surface area contributed by atoms with E-state index in [4.69, 9.17) is 0 Å². The minimum absolute atomic E-state index is 1.02. The summed E-state index contributed by atoms with van der Waals surface area (Å²) in [6.45, 7) is 0. The Kier molecular flexibility index (Phi) is 4.75. The maximum atomic E-state index is 3.45. The summed E-state index contributed by atoms with van der Waals surface area (Å²) in [4.78, 5) is 0. The predicted molar refractivity (Wildman–Crippen MR) is 123 cm³/mol. The maximum absolute atomic E-state index is 3.45. The Morgan fingerprint density at radius 2 is 0.935 bits per heavy atom. The van der Waals surface area contributed by atoms with E-state index >= 15 is 0 Å². The van der Waals surface area contributed by atoms with Crippen LogP contribution in [-0.4, -0.2) is 0 Å². The van der Waals surface area contributed by atoms with Crippen molar-refractivity contribution >= 4 is 0 Å². The van der Waals surface area contributed by atoms with Crippen LogP contribution in [0.4, 0.5) is 0 Å². The summed E-state index contributed by atoms with van der Waals surface area (Å²) < 4.78 is 6.90. The third kappa shape index (κ3) is 3.52. The molecule has 0 aliphatic heterocycles. The first kappa shape index (κ1) is 18.7. The predicted octanol–water partition coefficient (Wildman–Crippen LogP) is 6.23. The van der Waals surface area contributed by atoms with Crippen molar-refractivity contribution in [3.8, 4) is 41.0 Å². The molecule has 0 atom stereocenters. The molecular formula is C30H18Hg. The van der Waals surface area contributed by atoms with Crippen LogP contribution in [0.5, 0.6) is 0 Å². The Bertz CT molecular complexity index is 1350. The monoisotopic (exact) mass is 580 g/mol. The molecule has 0 unspecified atom stereocenters. The molecule has 0 radical (unpaired) electrons. The van der Waals surface area contributed by atoms with Crippen molar-refractivity contribution in [1.82, 2.24) is 0 Å². The van der Waals surface area contributed by atoms with Crippen LogP contribution in [0.15, 0.2) is 84.9 Å². The zero-order valence-electron chi connectivity index (χ0n) is 17.2. The van der Waals surface area contributed by atoms with Crippen LogP contribution >= 0.6 is 0 Å². The summed E-state index contributed by atoms with van der Waals surface area (Å²) >= 11 is -1.51. The van der Waals surface area contributed by atoms with E-state index in [1.54, 1.807) is 0 Å². The quantitative estimate of drug-likeness (QED) is 0.148. The van der Waals surface area contributed by atoms with Gasteiger partial charge in [-0.25, -0.2) is 0 Å². The van der Waals surface area contributed by atoms with Crippen LogP contribution in [0.1, 0.15) is 33.4 Å². The summed E-state index contributed by atoms with van der Waals surface area (Å²) in [6.07, 6.45) is 2.04. The molecule has 31 heavy (non-hydrogen) atoms. The van der Waals surface area contributed by atoms with E-state index in [9.17, 15) is 0 Å². The second-order valence-electron chi connectivity index (χ2n) is 8.19. The standard InChI is InChI=1S/2C15H9.Hg/c2*1-2-11-7-8-15-13(9-11)10-12-5-3-4-6-14(12)15;/h2*3-9H,10H2;. The molecule has 0 bridgehead atoms. The van der Waals surface area contributed by atoms with E-state index in [0.717, 1.165) is 24.0 Å². The fourth-order valence-electron chi connectivity index (χ4n) is 4.78. The van der Waals surface area contributed by atoms with Gasteiger partial charge in [0.2, 0.25) is 0 Å². The molecule has 6 rings (SSSR count). The molecule has 140 valence electrons. The van der Waals surface area contributed by atoms with E-state index in [1.807, 2.05) is 0 Å². The molecule has 4 aromatic carbocycles. The molecular weight excluding hydrogens is 561 g/mol. The van der Waals surface area contributed by atoms with Gasteiger partial charge in [-0.1, -0.05) is 0 Å². The van der Waals surface area contributed by atoms with E-state index < -0.39 is 24.6 Å². The van der Waals surface area contributed by atoms with E-state index in [1.165, 1.54) is 44.5 Å². The summed E-state index contributed by atoms with van der Waals surface area (Å²) in [6, 6.07) is 30.7. The van der Waals surface area contributed by atoms with Gasteiger partial charge < -0.3 is 0 Å². The van der Waals surface area contributed by atoms with E-state index in [0.29, 0.717) is 0 Å². The molecule has 2 aliphatic rings. The normalized spacial score (nSPS) is 11.6. The molecule has 0 heterocycles. The summed E-state index contributed by atoms with van der Waals surface area (Å²) in [5.74, 6) is 6.77. The van der Waals surface area contributed by atoms with Gasteiger partial charge in [-0.2, -0.15) is 0 Å². The van der Waals surface area contributed by atoms with Gasteiger partial charge in [0, 0.05) is 0 Å². The molecule has 0 N–H and O–H groups in total. The van der Waals surface area contributed by atoms with Crippen LogP contribution < -0.4 is 0 Å². The average Bonchev–Trinajstić information content (AvgIpc) is 3.36.